The Labute approximate surface area is 94.2 Å². The van der Waals surface area contributed by atoms with Crippen LogP contribution < -0.4 is 5.73 Å². The van der Waals surface area contributed by atoms with Gasteiger partial charge in [0.1, 0.15) is 0 Å². The van der Waals surface area contributed by atoms with Crippen molar-refractivity contribution in [1.82, 2.24) is 0 Å². The lowest BCUT2D eigenvalue weighted by Gasteiger charge is -2.50. The van der Waals surface area contributed by atoms with Crippen LogP contribution in [-0.2, 0) is 0 Å². The zero-order chi connectivity index (χ0) is 11.7. The zero-order valence-corrected chi connectivity index (χ0v) is 10.8. The molecule has 2 heteroatoms. The molecule has 1 aliphatic rings. The van der Waals surface area contributed by atoms with Crippen LogP contribution in [0.5, 0.6) is 0 Å². The summed E-state index contributed by atoms with van der Waals surface area (Å²) in [5.41, 5.74) is 5.45. The molecule has 0 saturated heterocycles. The third kappa shape index (κ3) is 2.73. The van der Waals surface area contributed by atoms with Crippen molar-refractivity contribution in [1.29, 1.82) is 0 Å². The molecule has 1 aliphatic carbocycles. The summed E-state index contributed by atoms with van der Waals surface area (Å²) in [5.74, 6) is 0. The summed E-state index contributed by atoms with van der Waals surface area (Å²) in [6.07, 6.45) is 5.95. The van der Waals surface area contributed by atoms with Crippen LogP contribution in [0.25, 0.3) is 0 Å². The van der Waals surface area contributed by atoms with Crippen molar-refractivity contribution in [2.45, 2.75) is 77.4 Å². The Balaban J connectivity index is 2.81. The second-order valence-electron chi connectivity index (χ2n) is 6.39. The summed E-state index contributed by atoms with van der Waals surface area (Å²) in [6.45, 7) is 8.61. The molecule has 3 N–H and O–H groups in total. The third-order valence-electron chi connectivity index (χ3n) is 4.05. The average Bonchev–Trinajstić information content (AvgIpc) is 2.00. The molecular weight excluding hydrogens is 186 g/mol. The molecule has 1 fully saturated rings. The van der Waals surface area contributed by atoms with Gasteiger partial charge in [0.15, 0.2) is 0 Å². The molecule has 0 radical (unpaired) electrons. The van der Waals surface area contributed by atoms with Gasteiger partial charge in [-0.15, -0.1) is 0 Å². The highest BCUT2D eigenvalue weighted by molar-refractivity contribution is 5.04. The van der Waals surface area contributed by atoms with Crippen molar-refractivity contribution in [2.24, 2.45) is 11.1 Å². The maximum Gasteiger partial charge on any atom is 0.0828 e. The van der Waals surface area contributed by atoms with E-state index in [-0.39, 0.29) is 5.41 Å². The van der Waals surface area contributed by atoms with E-state index in [2.05, 4.69) is 20.8 Å². The maximum absolute atomic E-state index is 10.7. The molecule has 0 heterocycles. The summed E-state index contributed by atoms with van der Waals surface area (Å²) in [5, 5.41) is 10.7. The van der Waals surface area contributed by atoms with Gasteiger partial charge in [-0.1, -0.05) is 27.2 Å². The molecule has 2 atom stereocenters. The lowest BCUT2D eigenvalue weighted by atomic mass is 9.62. The van der Waals surface area contributed by atoms with Crippen molar-refractivity contribution < 1.29 is 5.11 Å². The highest BCUT2D eigenvalue weighted by atomic mass is 16.3. The largest absolute Gasteiger partial charge is 0.388 e. The molecule has 2 nitrogen and oxygen atoms in total. The van der Waals surface area contributed by atoms with E-state index in [1.165, 1.54) is 6.42 Å². The molecule has 15 heavy (non-hydrogen) atoms. The number of hydrogen-bond donors (Lipinski definition) is 2. The maximum atomic E-state index is 10.7. The van der Waals surface area contributed by atoms with Crippen molar-refractivity contribution in [2.75, 3.05) is 0 Å². The summed E-state index contributed by atoms with van der Waals surface area (Å²) >= 11 is 0. The number of hydrogen-bond acceptors (Lipinski definition) is 2. The van der Waals surface area contributed by atoms with Crippen molar-refractivity contribution >= 4 is 0 Å². The fourth-order valence-corrected chi connectivity index (χ4v) is 3.07. The second-order valence-corrected chi connectivity index (χ2v) is 6.39. The quantitative estimate of drug-likeness (QED) is 0.757. The molecular formula is C13H27NO. The van der Waals surface area contributed by atoms with E-state index in [0.29, 0.717) is 0 Å². The molecule has 90 valence electrons. The van der Waals surface area contributed by atoms with E-state index in [1.54, 1.807) is 0 Å². The van der Waals surface area contributed by atoms with Crippen LogP contribution in [0.3, 0.4) is 0 Å². The molecule has 0 spiro atoms. The van der Waals surface area contributed by atoms with Gasteiger partial charge in [0.25, 0.3) is 0 Å². The third-order valence-corrected chi connectivity index (χ3v) is 4.05. The molecule has 1 rings (SSSR count). The minimum absolute atomic E-state index is 0.237. The van der Waals surface area contributed by atoms with E-state index in [0.717, 1.165) is 32.1 Å². The topological polar surface area (TPSA) is 46.2 Å². The van der Waals surface area contributed by atoms with Crippen molar-refractivity contribution in [3.8, 4) is 0 Å². The SMILES string of the molecule is CCCC(C)(N)C1(O)CCCC(C)(C)C1. The van der Waals surface area contributed by atoms with E-state index < -0.39 is 11.1 Å². The fraction of sp³-hybridized carbons (Fsp3) is 1.00. The molecule has 0 aromatic rings. The van der Waals surface area contributed by atoms with Crippen molar-refractivity contribution in [3.05, 3.63) is 0 Å². The molecule has 2 unspecified atom stereocenters. The zero-order valence-electron chi connectivity index (χ0n) is 10.8. The van der Waals surface area contributed by atoms with Gasteiger partial charge in [-0.2, -0.15) is 0 Å². The summed E-state index contributed by atoms with van der Waals surface area (Å²) < 4.78 is 0. The van der Waals surface area contributed by atoms with Gasteiger partial charge in [-0.05, 0) is 44.4 Å². The fourth-order valence-electron chi connectivity index (χ4n) is 3.07. The molecule has 0 aromatic heterocycles. The minimum Gasteiger partial charge on any atom is -0.388 e. The predicted molar refractivity (Wildman–Crippen MR) is 64.7 cm³/mol. The first-order chi connectivity index (χ1) is 6.72. The number of nitrogens with two attached hydrogens (primary N) is 1. The highest BCUT2D eigenvalue weighted by Gasteiger charge is 2.48. The van der Waals surface area contributed by atoms with Gasteiger partial charge >= 0.3 is 0 Å². The summed E-state index contributed by atoms with van der Waals surface area (Å²) in [6, 6.07) is 0. The minimum atomic E-state index is -0.662. The van der Waals surface area contributed by atoms with Crippen LogP contribution in [0.1, 0.15) is 66.2 Å². The lowest BCUT2D eigenvalue weighted by Crippen LogP contribution is -2.61. The first-order valence-electron chi connectivity index (χ1n) is 6.24. The molecule has 0 amide bonds. The average molecular weight is 213 g/mol. The number of aliphatic hydroxyl groups is 1. The summed E-state index contributed by atoms with van der Waals surface area (Å²) in [4.78, 5) is 0. The van der Waals surface area contributed by atoms with E-state index in [1.807, 2.05) is 6.92 Å². The Morgan fingerprint density at radius 1 is 1.33 bits per heavy atom. The Hall–Kier alpha value is -0.0800. The first kappa shape index (κ1) is 13.0. The van der Waals surface area contributed by atoms with Gasteiger partial charge in [0.2, 0.25) is 0 Å². The van der Waals surface area contributed by atoms with Crippen LogP contribution in [0.15, 0.2) is 0 Å². The Morgan fingerprint density at radius 2 is 1.93 bits per heavy atom. The Morgan fingerprint density at radius 3 is 2.40 bits per heavy atom. The van der Waals surface area contributed by atoms with Crippen LogP contribution >= 0.6 is 0 Å². The molecule has 0 aromatic carbocycles. The summed E-state index contributed by atoms with van der Waals surface area (Å²) in [7, 11) is 0. The van der Waals surface area contributed by atoms with E-state index >= 15 is 0 Å². The van der Waals surface area contributed by atoms with Crippen LogP contribution in [0, 0.1) is 5.41 Å². The predicted octanol–water partition coefficient (Wildman–Crippen LogP) is 2.84. The standard InChI is InChI=1S/C13H27NO/c1-5-7-12(4,14)13(15)9-6-8-11(2,3)10-13/h15H,5-10,14H2,1-4H3. The number of rotatable bonds is 3. The normalized spacial score (nSPS) is 34.8. The Bertz CT molecular complexity index is 223. The lowest BCUT2D eigenvalue weighted by molar-refractivity contribution is -0.0929. The van der Waals surface area contributed by atoms with Crippen LogP contribution in [-0.4, -0.2) is 16.2 Å². The van der Waals surface area contributed by atoms with Gasteiger partial charge in [-0.25, -0.2) is 0 Å². The van der Waals surface area contributed by atoms with Gasteiger partial charge in [0.05, 0.1) is 5.60 Å². The van der Waals surface area contributed by atoms with Crippen molar-refractivity contribution in [3.63, 3.8) is 0 Å². The smallest absolute Gasteiger partial charge is 0.0828 e. The highest BCUT2D eigenvalue weighted by Crippen LogP contribution is 2.46. The van der Waals surface area contributed by atoms with E-state index in [4.69, 9.17) is 5.73 Å². The van der Waals surface area contributed by atoms with Gasteiger partial charge in [0, 0.05) is 5.54 Å². The van der Waals surface area contributed by atoms with Gasteiger partial charge in [-0.3, -0.25) is 0 Å². The van der Waals surface area contributed by atoms with Crippen LogP contribution in [0.4, 0.5) is 0 Å². The molecule has 1 saturated carbocycles. The van der Waals surface area contributed by atoms with Crippen LogP contribution in [0.2, 0.25) is 0 Å². The molecule has 0 bridgehead atoms. The van der Waals surface area contributed by atoms with E-state index in [9.17, 15) is 5.11 Å². The van der Waals surface area contributed by atoms with Gasteiger partial charge < -0.3 is 10.8 Å². The monoisotopic (exact) mass is 213 g/mol. The second kappa shape index (κ2) is 4.06. The molecule has 0 aliphatic heterocycles. The Kier molecular flexibility index (Phi) is 3.52. The first-order valence-corrected chi connectivity index (χ1v) is 6.24.